The summed E-state index contributed by atoms with van der Waals surface area (Å²) in [7, 11) is 6.71. The fraction of sp³-hybridized carbons (Fsp3) is 0.307. The number of benzene rings is 8. The van der Waals surface area contributed by atoms with Crippen LogP contribution in [0.4, 0.5) is 0 Å². The zero-order chi connectivity index (χ0) is 63.1. The van der Waals surface area contributed by atoms with Gasteiger partial charge in [0.1, 0.15) is 33.0 Å². The molecule has 2 aliphatic heterocycles. The molecule has 0 spiro atoms. The average molecular weight is 1260 g/mol. The minimum atomic E-state index is -0.187. The minimum Gasteiger partial charge on any atom is -0.496 e. The van der Waals surface area contributed by atoms with Crippen molar-refractivity contribution in [2.24, 2.45) is 10.3 Å². The third kappa shape index (κ3) is 15.9. The Hall–Kier alpha value is -9.12. The topological polar surface area (TPSA) is 143 Å². The predicted molar refractivity (Wildman–Crippen MR) is 365 cm³/mol. The molecule has 2 atom stereocenters. The summed E-state index contributed by atoms with van der Waals surface area (Å²) >= 11 is 3.42. The van der Waals surface area contributed by atoms with Crippen LogP contribution in [0.15, 0.2) is 168 Å². The fourth-order valence-corrected chi connectivity index (χ4v) is 12.9. The summed E-state index contributed by atoms with van der Waals surface area (Å²) < 4.78 is 49.0. The fourth-order valence-electron chi connectivity index (χ4n) is 10.9. The molecule has 0 radical (unpaired) electrons. The smallest absolute Gasteiger partial charge is 0.161 e. The molecule has 91 heavy (non-hydrogen) atoms. The molecule has 0 fully saturated rings. The Kier molecular flexibility index (Phi) is 21.3. The van der Waals surface area contributed by atoms with Gasteiger partial charge in [-0.25, -0.2) is 9.97 Å². The number of hydrogen-bond acceptors (Lipinski definition) is 16. The van der Waals surface area contributed by atoms with Gasteiger partial charge in [0.25, 0.3) is 0 Å². The van der Waals surface area contributed by atoms with E-state index in [2.05, 4.69) is 92.6 Å². The van der Waals surface area contributed by atoms with E-state index < -0.39 is 0 Å². The van der Waals surface area contributed by atoms with E-state index in [-0.39, 0.29) is 12.2 Å². The lowest BCUT2D eigenvalue weighted by Crippen LogP contribution is -2.05. The third-order valence-corrected chi connectivity index (χ3v) is 18.6. The number of aromatic nitrogens is 2. The lowest BCUT2D eigenvalue weighted by Gasteiger charge is -2.15. The van der Waals surface area contributed by atoms with Gasteiger partial charge in [-0.3, -0.25) is 0 Å². The van der Waals surface area contributed by atoms with E-state index >= 15 is 0 Å². The van der Waals surface area contributed by atoms with Gasteiger partial charge in [0, 0.05) is 35.1 Å². The zero-order valence-corrected chi connectivity index (χ0v) is 54.7. The second-order valence-corrected chi connectivity index (χ2v) is 24.7. The molecule has 10 aromatic rings. The molecular formula is C75H78N4O10S2. The molecule has 0 aliphatic carbocycles. The van der Waals surface area contributed by atoms with Crippen LogP contribution in [-0.4, -0.2) is 76.3 Å². The van der Waals surface area contributed by atoms with Crippen molar-refractivity contribution in [3.63, 3.8) is 0 Å². The number of oxime groups is 2. The van der Waals surface area contributed by atoms with Crippen molar-refractivity contribution in [1.29, 1.82) is 0 Å². The van der Waals surface area contributed by atoms with Gasteiger partial charge in [0.05, 0.1) is 86.7 Å². The SMILES string of the molecule is COc1ccc(C2CC(c3cc(C)c(C)c(OC)c3)=NO2)cc1OCCCCCCOc1ccc(-c2nc3ccccc3s2)cc1.COc1ccc(C2CC(c3cc(C)c(C)c(OC)c3)=NO2)cc1OCCCCCOc1ccc(-c2nc3ccccc3s2)cc1. The Morgan fingerprint density at radius 2 is 0.769 bits per heavy atom. The molecule has 2 aromatic heterocycles. The van der Waals surface area contributed by atoms with E-state index in [1.807, 2.05) is 103 Å². The van der Waals surface area contributed by atoms with E-state index in [1.165, 1.54) is 15.0 Å². The molecule has 12 rings (SSSR count). The molecular weight excluding hydrogens is 1180 g/mol. The highest BCUT2D eigenvalue weighted by Crippen LogP contribution is 2.40. The van der Waals surface area contributed by atoms with Gasteiger partial charge in [0.15, 0.2) is 35.2 Å². The first kappa shape index (κ1) is 63.4. The van der Waals surface area contributed by atoms with Crippen molar-refractivity contribution in [2.75, 3.05) is 54.9 Å². The van der Waals surface area contributed by atoms with Crippen LogP contribution in [0.2, 0.25) is 0 Å². The van der Waals surface area contributed by atoms with Crippen molar-refractivity contribution in [3.05, 3.63) is 202 Å². The van der Waals surface area contributed by atoms with Crippen LogP contribution in [0.3, 0.4) is 0 Å². The zero-order valence-electron chi connectivity index (χ0n) is 53.0. The first-order chi connectivity index (χ1) is 44.5. The lowest BCUT2D eigenvalue weighted by atomic mass is 9.97. The molecule has 2 aliphatic rings. The number of thiazole rings is 2. The van der Waals surface area contributed by atoms with Gasteiger partial charge in [0.2, 0.25) is 0 Å². The molecule has 0 saturated carbocycles. The Morgan fingerprint density at radius 3 is 1.16 bits per heavy atom. The first-order valence-corrected chi connectivity index (χ1v) is 32.7. The standard InChI is InChI=1S/C38H40N2O5S.C37H38N2O5S/c1-25-21-29(23-34(42-4)26(25)2)32-24-35(45-40-32)28-15-18-33(41-3)36(22-28)44-20-10-6-5-9-19-43-30-16-13-27(14-17-30)38-39-31-11-7-8-12-37(31)46-38;1-24-20-28(22-33(41-4)25(24)2)31-23-34(44-39-31)27-14-17-32(40-3)35(21-27)43-19-9-5-8-18-42-29-15-12-26(13-16-29)37-38-30-10-6-7-11-36(30)45-37/h7-8,11-18,21-23,35H,5-6,9-10,19-20,24H2,1-4H3;6-7,10-17,20-22,34H,5,8-9,18-19,23H2,1-4H3. The summed E-state index contributed by atoms with van der Waals surface area (Å²) in [4.78, 5) is 21.2. The summed E-state index contributed by atoms with van der Waals surface area (Å²) in [6.45, 7) is 10.8. The number of hydrogen-bond donors (Lipinski definition) is 0. The number of unbranched alkanes of at least 4 members (excludes halogenated alkanes) is 5. The second kappa shape index (κ2) is 30.6. The van der Waals surface area contributed by atoms with Crippen LogP contribution in [-0.2, 0) is 9.68 Å². The van der Waals surface area contributed by atoms with Crippen LogP contribution >= 0.6 is 22.7 Å². The Labute approximate surface area is 541 Å². The van der Waals surface area contributed by atoms with E-state index in [9.17, 15) is 0 Å². The molecule has 470 valence electrons. The van der Waals surface area contributed by atoms with Gasteiger partial charge in [-0.05, 0) is 227 Å². The van der Waals surface area contributed by atoms with Crippen LogP contribution in [0.25, 0.3) is 41.6 Å². The van der Waals surface area contributed by atoms with E-state index in [0.29, 0.717) is 56.5 Å². The normalized spacial score (nSPS) is 14.2. The van der Waals surface area contributed by atoms with Crippen LogP contribution in [0.5, 0.6) is 46.0 Å². The first-order valence-electron chi connectivity index (χ1n) is 31.1. The highest BCUT2D eigenvalue weighted by atomic mass is 32.1. The van der Waals surface area contributed by atoms with Crippen molar-refractivity contribution in [2.45, 2.75) is 97.7 Å². The van der Waals surface area contributed by atoms with Crippen molar-refractivity contribution in [1.82, 2.24) is 9.97 Å². The molecule has 4 heterocycles. The molecule has 0 N–H and O–H groups in total. The van der Waals surface area contributed by atoms with Crippen LogP contribution in [0.1, 0.15) is 115 Å². The van der Waals surface area contributed by atoms with Crippen LogP contribution in [0, 0.1) is 27.7 Å². The highest BCUT2D eigenvalue weighted by Gasteiger charge is 2.28. The summed E-state index contributed by atoms with van der Waals surface area (Å²) in [6, 6.07) is 53.1. The Bertz CT molecular complexity index is 4080. The van der Waals surface area contributed by atoms with Gasteiger partial charge in [-0.15, -0.1) is 22.7 Å². The number of nitrogens with zero attached hydrogens (tertiary/aromatic N) is 4. The largest absolute Gasteiger partial charge is 0.496 e. The van der Waals surface area contributed by atoms with Crippen molar-refractivity contribution >= 4 is 54.5 Å². The molecule has 8 aromatic carbocycles. The molecule has 0 saturated heterocycles. The second-order valence-electron chi connectivity index (χ2n) is 22.6. The average Bonchev–Trinajstić information content (AvgIpc) is 3.58. The monoisotopic (exact) mass is 1260 g/mol. The summed E-state index contributed by atoms with van der Waals surface area (Å²) in [5, 5.41) is 10.9. The number of fused-ring (bicyclic) bond motifs is 2. The Balaban J connectivity index is 0.000000187. The van der Waals surface area contributed by atoms with Gasteiger partial charge < -0.3 is 47.6 Å². The predicted octanol–water partition coefficient (Wildman–Crippen LogP) is 18.6. The number of aryl methyl sites for hydroxylation is 2. The van der Waals surface area contributed by atoms with E-state index in [4.69, 9.17) is 57.5 Å². The van der Waals surface area contributed by atoms with Gasteiger partial charge >= 0.3 is 0 Å². The number of ether oxygens (including phenoxy) is 8. The Morgan fingerprint density at radius 1 is 0.385 bits per heavy atom. The van der Waals surface area contributed by atoms with Crippen molar-refractivity contribution < 1.29 is 47.6 Å². The molecule has 16 heteroatoms. The van der Waals surface area contributed by atoms with Crippen molar-refractivity contribution in [3.8, 4) is 67.1 Å². The lowest BCUT2D eigenvalue weighted by molar-refractivity contribution is 0.0853. The molecule has 0 amide bonds. The maximum Gasteiger partial charge on any atom is 0.161 e. The van der Waals surface area contributed by atoms with E-state index in [0.717, 1.165) is 156 Å². The highest BCUT2D eigenvalue weighted by molar-refractivity contribution is 7.22. The summed E-state index contributed by atoms with van der Waals surface area (Å²) in [5.74, 6) is 6.33. The summed E-state index contributed by atoms with van der Waals surface area (Å²) in [5.41, 5.74) is 14.8. The van der Waals surface area contributed by atoms with Gasteiger partial charge in [-0.2, -0.15) is 0 Å². The minimum absolute atomic E-state index is 0.181. The molecule has 14 nitrogen and oxygen atoms in total. The molecule has 0 bridgehead atoms. The quantitative estimate of drug-likeness (QED) is 0.0452. The molecule has 2 unspecified atom stereocenters. The number of para-hydroxylation sites is 2. The van der Waals surface area contributed by atoms with Crippen LogP contribution < -0.4 is 37.9 Å². The number of methoxy groups -OCH3 is 4. The number of rotatable bonds is 27. The maximum absolute atomic E-state index is 6.17. The third-order valence-electron chi connectivity index (χ3n) is 16.5. The van der Waals surface area contributed by atoms with E-state index in [1.54, 1.807) is 51.1 Å². The van der Waals surface area contributed by atoms with Gasteiger partial charge in [-0.1, -0.05) is 46.7 Å². The summed E-state index contributed by atoms with van der Waals surface area (Å²) in [6.07, 6.45) is 7.90. The maximum atomic E-state index is 6.17.